The molecule has 0 saturated heterocycles. The number of rotatable bonds is 1. The molecule has 6 heteroatoms. The second kappa shape index (κ2) is 4.90. The standard InChI is InChI=1S/C16H21N3O3/c1-16(2,3)22-15(21)18(4)11-8-10-6-5-7-12-13(10)19(9-11)14(20)17-12/h5-7,11H,8-9H2,1-4H3,(H,17,20)/t11-/m1/s1. The van der Waals surface area contributed by atoms with Crippen LogP contribution < -0.4 is 5.69 Å². The molecule has 0 aliphatic carbocycles. The molecule has 118 valence electrons. The van der Waals surface area contributed by atoms with Gasteiger partial charge >= 0.3 is 11.8 Å². The highest BCUT2D eigenvalue weighted by atomic mass is 16.6. The van der Waals surface area contributed by atoms with E-state index in [4.69, 9.17) is 4.74 Å². The SMILES string of the molecule is CN(C(=O)OC(C)(C)C)[C@@H]1Cc2cccc3[nH]c(=O)n(c23)C1. The van der Waals surface area contributed by atoms with Gasteiger partial charge in [0.25, 0.3) is 0 Å². The first-order chi connectivity index (χ1) is 10.3. The predicted molar refractivity (Wildman–Crippen MR) is 84.0 cm³/mol. The number of carbonyl (C=O) groups is 1. The maximum Gasteiger partial charge on any atom is 0.410 e. The maximum absolute atomic E-state index is 12.2. The molecule has 2 heterocycles. The van der Waals surface area contributed by atoms with Crippen molar-refractivity contribution < 1.29 is 9.53 Å². The van der Waals surface area contributed by atoms with Gasteiger partial charge in [-0.2, -0.15) is 0 Å². The van der Waals surface area contributed by atoms with Crippen molar-refractivity contribution in [3.8, 4) is 0 Å². The average molecular weight is 303 g/mol. The van der Waals surface area contributed by atoms with Gasteiger partial charge < -0.3 is 14.6 Å². The van der Waals surface area contributed by atoms with Crippen LogP contribution in [0.25, 0.3) is 11.0 Å². The Balaban J connectivity index is 1.89. The summed E-state index contributed by atoms with van der Waals surface area (Å²) in [4.78, 5) is 28.8. The molecule has 1 N–H and O–H groups in total. The van der Waals surface area contributed by atoms with E-state index in [9.17, 15) is 9.59 Å². The Labute approximate surface area is 128 Å². The summed E-state index contributed by atoms with van der Waals surface area (Å²) in [5.41, 5.74) is 2.20. The molecule has 0 bridgehead atoms. The van der Waals surface area contributed by atoms with Crippen molar-refractivity contribution in [3.05, 3.63) is 34.2 Å². The Hall–Kier alpha value is -2.24. The molecule has 22 heavy (non-hydrogen) atoms. The van der Waals surface area contributed by atoms with Gasteiger partial charge in [0.1, 0.15) is 5.60 Å². The number of nitrogens with zero attached hydrogens (tertiary/aromatic N) is 2. The summed E-state index contributed by atoms with van der Waals surface area (Å²) in [5.74, 6) is 0. The molecule has 0 saturated carbocycles. The Bertz CT molecular complexity index is 782. The molecule has 1 aromatic carbocycles. The average Bonchev–Trinajstić information content (AvgIpc) is 2.74. The van der Waals surface area contributed by atoms with E-state index < -0.39 is 5.60 Å². The first-order valence-electron chi connectivity index (χ1n) is 7.42. The van der Waals surface area contributed by atoms with Crippen molar-refractivity contribution in [1.82, 2.24) is 14.5 Å². The number of aromatic amines is 1. The van der Waals surface area contributed by atoms with Gasteiger partial charge in [0.15, 0.2) is 0 Å². The molecule has 1 amide bonds. The van der Waals surface area contributed by atoms with E-state index in [0.29, 0.717) is 13.0 Å². The van der Waals surface area contributed by atoms with E-state index in [2.05, 4.69) is 4.98 Å². The highest BCUT2D eigenvalue weighted by molar-refractivity contribution is 5.80. The maximum atomic E-state index is 12.2. The fourth-order valence-electron chi connectivity index (χ4n) is 2.91. The van der Waals surface area contributed by atoms with Crippen LogP contribution in [0, 0.1) is 0 Å². The zero-order valence-electron chi connectivity index (χ0n) is 13.3. The quantitative estimate of drug-likeness (QED) is 0.877. The first kappa shape index (κ1) is 14.7. The van der Waals surface area contributed by atoms with Crippen LogP contribution in [0.1, 0.15) is 26.3 Å². The minimum Gasteiger partial charge on any atom is -0.444 e. The number of amides is 1. The van der Waals surface area contributed by atoms with Crippen molar-refractivity contribution in [3.63, 3.8) is 0 Å². The number of hydrogen-bond acceptors (Lipinski definition) is 3. The lowest BCUT2D eigenvalue weighted by Gasteiger charge is -2.33. The smallest absolute Gasteiger partial charge is 0.410 e. The molecule has 0 spiro atoms. The van der Waals surface area contributed by atoms with Crippen molar-refractivity contribution in [2.24, 2.45) is 0 Å². The summed E-state index contributed by atoms with van der Waals surface area (Å²) in [6, 6.07) is 5.73. The molecule has 3 rings (SSSR count). The van der Waals surface area contributed by atoms with Gasteiger partial charge in [-0.05, 0) is 38.8 Å². The van der Waals surface area contributed by atoms with E-state index in [1.54, 1.807) is 16.5 Å². The molecule has 2 aromatic rings. The highest BCUT2D eigenvalue weighted by Gasteiger charge is 2.30. The molecule has 0 fully saturated rings. The van der Waals surface area contributed by atoms with Gasteiger partial charge in [-0.15, -0.1) is 0 Å². The number of hydrogen-bond donors (Lipinski definition) is 1. The Kier molecular flexibility index (Phi) is 3.27. The summed E-state index contributed by atoms with van der Waals surface area (Å²) in [7, 11) is 1.72. The van der Waals surface area contributed by atoms with Gasteiger partial charge in [0.05, 0.1) is 17.1 Å². The molecule has 0 unspecified atom stereocenters. The minimum absolute atomic E-state index is 0.0959. The van der Waals surface area contributed by atoms with Crippen molar-refractivity contribution in [1.29, 1.82) is 0 Å². The fraction of sp³-hybridized carbons (Fsp3) is 0.500. The number of para-hydroxylation sites is 1. The Morgan fingerprint density at radius 3 is 2.82 bits per heavy atom. The topological polar surface area (TPSA) is 67.3 Å². The number of nitrogens with one attached hydrogen (secondary N) is 1. The van der Waals surface area contributed by atoms with E-state index in [1.807, 2.05) is 39.0 Å². The summed E-state index contributed by atoms with van der Waals surface area (Å²) < 4.78 is 7.13. The number of aromatic nitrogens is 2. The van der Waals surface area contributed by atoms with Gasteiger partial charge in [0.2, 0.25) is 0 Å². The van der Waals surface area contributed by atoms with Crippen LogP contribution in [0.4, 0.5) is 4.79 Å². The number of carbonyl (C=O) groups excluding carboxylic acids is 1. The molecule has 0 radical (unpaired) electrons. The van der Waals surface area contributed by atoms with Crippen LogP contribution in [-0.2, 0) is 17.7 Å². The third kappa shape index (κ3) is 2.49. The molecule has 6 nitrogen and oxygen atoms in total. The minimum atomic E-state index is -0.532. The largest absolute Gasteiger partial charge is 0.444 e. The molecular formula is C16H21N3O3. The van der Waals surface area contributed by atoms with E-state index in [0.717, 1.165) is 16.6 Å². The number of imidazole rings is 1. The van der Waals surface area contributed by atoms with Gasteiger partial charge in [0, 0.05) is 13.6 Å². The van der Waals surface area contributed by atoms with Gasteiger partial charge in [-0.3, -0.25) is 4.57 Å². The fourth-order valence-corrected chi connectivity index (χ4v) is 2.91. The molecule has 1 aliphatic heterocycles. The van der Waals surface area contributed by atoms with Crippen LogP contribution >= 0.6 is 0 Å². The van der Waals surface area contributed by atoms with Crippen LogP contribution in [0.3, 0.4) is 0 Å². The molecule has 1 aromatic heterocycles. The molecule has 1 atom stereocenters. The molecule has 1 aliphatic rings. The van der Waals surface area contributed by atoms with Gasteiger partial charge in [-0.1, -0.05) is 12.1 Å². The van der Waals surface area contributed by atoms with Crippen LogP contribution in [0.5, 0.6) is 0 Å². The van der Waals surface area contributed by atoms with Crippen LogP contribution in [0.2, 0.25) is 0 Å². The highest BCUT2D eigenvalue weighted by Crippen LogP contribution is 2.25. The van der Waals surface area contributed by atoms with Crippen molar-refractivity contribution in [2.45, 2.75) is 45.4 Å². The van der Waals surface area contributed by atoms with Crippen LogP contribution in [-0.4, -0.2) is 39.2 Å². The normalized spacial score (nSPS) is 17.5. The summed E-state index contributed by atoms with van der Waals surface area (Å²) in [6.45, 7) is 6.00. The first-order valence-corrected chi connectivity index (χ1v) is 7.42. The van der Waals surface area contributed by atoms with Crippen LogP contribution in [0.15, 0.2) is 23.0 Å². The Morgan fingerprint density at radius 1 is 1.41 bits per heavy atom. The summed E-state index contributed by atoms with van der Waals surface area (Å²) in [5, 5.41) is 0. The Morgan fingerprint density at radius 2 is 2.14 bits per heavy atom. The zero-order valence-corrected chi connectivity index (χ0v) is 13.3. The number of H-pyrrole nitrogens is 1. The van der Waals surface area contributed by atoms with Gasteiger partial charge in [-0.25, -0.2) is 9.59 Å². The van der Waals surface area contributed by atoms with E-state index in [-0.39, 0.29) is 17.8 Å². The number of ether oxygens (including phenoxy) is 1. The van der Waals surface area contributed by atoms with E-state index >= 15 is 0 Å². The summed E-state index contributed by atoms with van der Waals surface area (Å²) >= 11 is 0. The molecular weight excluding hydrogens is 282 g/mol. The third-order valence-corrected chi connectivity index (χ3v) is 3.95. The second-order valence-electron chi connectivity index (χ2n) is 6.80. The lowest BCUT2D eigenvalue weighted by molar-refractivity contribution is 0.0204. The zero-order chi connectivity index (χ0) is 16.1. The van der Waals surface area contributed by atoms with Crippen molar-refractivity contribution >= 4 is 17.1 Å². The predicted octanol–water partition coefficient (Wildman–Crippen LogP) is 2.12. The van der Waals surface area contributed by atoms with E-state index in [1.165, 1.54) is 0 Å². The number of likely N-dealkylation sites (N-methyl/N-ethyl adjacent to an activating group) is 1. The number of benzene rings is 1. The summed E-state index contributed by atoms with van der Waals surface area (Å²) in [6.07, 6.45) is 0.349. The second-order valence-corrected chi connectivity index (χ2v) is 6.80. The lowest BCUT2D eigenvalue weighted by atomic mass is 10.00. The lowest BCUT2D eigenvalue weighted by Crippen LogP contribution is -2.46. The monoisotopic (exact) mass is 303 g/mol. The third-order valence-electron chi connectivity index (χ3n) is 3.95. The van der Waals surface area contributed by atoms with Crippen molar-refractivity contribution in [2.75, 3.05) is 7.05 Å².